The smallest absolute Gasteiger partial charge is 0.180 e. The van der Waals surface area contributed by atoms with E-state index in [1.165, 1.54) is 5.56 Å². The molecule has 276 valence electrons. The van der Waals surface area contributed by atoms with E-state index < -0.39 is 0 Å². The molecule has 7 heteroatoms. The molecular weight excluding hydrogens is 725 g/mol. The molecule has 4 aromatic heterocycles. The summed E-state index contributed by atoms with van der Waals surface area (Å²) in [4.78, 5) is 28.7. The van der Waals surface area contributed by atoms with E-state index >= 15 is 0 Å². The molecule has 0 amide bonds. The Kier molecular flexibility index (Phi) is 8.33. The molecule has 0 spiro atoms. The fourth-order valence-corrected chi connectivity index (χ4v) is 7.74. The van der Waals surface area contributed by atoms with E-state index in [1.807, 2.05) is 72.9 Å². The number of pyridine rings is 1. The van der Waals surface area contributed by atoms with Crippen molar-refractivity contribution in [1.29, 1.82) is 0 Å². The Labute approximate surface area is 339 Å². The van der Waals surface area contributed by atoms with Crippen LogP contribution in [0.2, 0.25) is 0 Å². The monoisotopic (exact) mass is 756 g/mol. The Morgan fingerprint density at radius 3 is 1.47 bits per heavy atom. The van der Waals surface area contributed by atoms with Crippen LogP contribution < -0.4 is 0 Å². The molecule has 4 heterocycles. The van der Waals surface area contributed by atoms with Gasteiger partial charge in [-0.2, -0.15) is 0 Å². The number of benzene rings is 7. The van der Waals surface area contributed by atoms with Crippen molar-refractivity contribution in [3.63, 3.8) is 0 Å². The molecule has 11 rings (SSSR count). The average molecular weight is 757 g/mol. The molecule has 0 aliphatic heterocycles. The van der Waals surface area contributed by atoms with Crippen LogP contribution in [0.25, 0.3) is 112 Å². The third kappa shape index (κ3) is 6.37. The largest absolute Gasteiger partial charge is 0.450 e. The van der Waals surface area contributed by atoms with Crippen LogP contribution in [-0.4, -0.2) is 29.9 Å². The van der Waals surface area contributed by atoms with Crippen LogP contribution >= 0.6 is 0 Å². The summed E-state index contributed by atoms with van der Waals surface area (Å²) in [6.07, 6.45) is 5.26. The van der Waals surface area contributed by atoms with Crippen molar-refractivity contribution in [1.82, 2.24) is 29.9 Å². The quantitative estimate of drug-likeness (QED) is 0.160. The highest BCUT2D eigenvalue weighted by atomic mass is 16.3. The van der Waals surface area contributed by atoms with Crippen LogP contribution in [0.1, 0.15) is 0 Å². The predicted molar refractivity (Wildman–Crippen MR) is 236 cm³/mol. The van der Waals surface area contributed by atoms with Gasteiger partial charge in [0.2, 0.25) is 0 Å². The van der Waals surface area contributed by atoms with E-state index in [9.17, 15) is 0 Å². The molecular formula is C52H32N6O. The minimum absolute atomic E-state index is 0.623. The van der Waals surface area contributed by atoms with Crippen LogP contribution in [0.5, 0.6) is 0 Å². The summed E-state index contributed by atoms with van der Waals surface area (Å²) in [7, 11) is 0. The first kappa shape index (κ1) is 34.1. The lowest BCUT2D eigenvalue weighted by Gasteiger charge is -2.10. The second-order valence-electron chi connectivity index (χ2n) is 14.4. The summed E-state index contributed by atoms with van der Waals surface area (Å²) in [5.41, 5.74) is 13.0. The number of hydrogen-bond acceptors (Lipinski definition) is 7. The zero-order chi connectivity index (χ0) is 39.1. The number of furan rings is 1. The van der Waals surface area contributed by atoms with Crippen molar-refractivity contribution >= 4 is 32.8 Å². The first-order valence-electron chi connectivity index (χ1n) is 19.4. The van der Waals surface area contributed by atoms with Gasteiger partial charge in [0, 0.05) is 34.0 Å². The van der Waals surface area contributed by atoms with E-state index in [-0.39, 0.29) is 0 Å². The molecule has 59 heavy (non-hydrogen) atoms. The van der Waals surface area contributed by atoms with Crippen LogP contribution in [0.15, 0.2) is 199 Å². The van der Waals surface area contributed by atoms with E-state index in [0.29, 0.717) is 28.6 Å². The molecule has 7 nitrogen and oxygen atoms in total. The highest BCUT2D eigenvalue weighted by Gasteiger charge is 2.19. The first-order valence-corrected chi connectivity index (χ1v) is 19.4. The van der Waals surface area contributed by atoms with Gasteiger partial charge in [0.1, 0.15) is 17.5 Å². The van der Waals surface area contributed by atoms with Gasteiger partial charge in [-0.25, -0.2) is 24.9 Å². The number of hydrogen-bond donors (Lipinski definition) is 0. The van der Waals surface area contributed by atoms with Gasteiger partial charge in [0.05, 0.1) is 11.6 Å². The van der Waals surface area contributed by atoms with Gasteiger partial charge < -0.3 is 4.42 Å². The van der Waals surface area contributed by atoms with Crippen molar-refractivity contribution < 1.29 is 4.42 Å². The number of fused-ring (bicyclic) bond motifs is 4. The molecule has 0 aliphatic carbocycles. The van der Waals surface area contributed by atoms with Crippen molar-refractivity contribution in [2.24, 2.45) is 0 Å². The Morgan fingerprint density at radius 2 is 0.847 bits per heavy atom. The summed E-state index contributed by atoms with van der Waals surface area (Å²) in [5.74, 6) is 1.90. The SMILES string of the molecule is c1ccc(-c2ccc(-c3cncc4oc5c(-c6ccc7ccc(-c8ccc(-c9nc(-c%10ccccc%10)nc(-c%10ccccc%10)n9)cc8)cc7c6)ncnc5c34)cc2)cc1. The van der Waals surface area contributed by atoms with Crippen LogP contribution in [-0.2, 0) is 0 Å². The zero-order valence-electron chi connectivity index (χ0n) is 31.6. The Bertz CT molecular complexity index is 3240. The molecule has 11 aromatic rings. The van der Waals surface area contributed by atoms with Gasteiger partial charge in [-0.05, 0) is 50.7 Å². The Hall–Kier alpha value is -8.16. The molecule has 7 aromatic carbocycles. The van der Waals surface area contributed by atoms with E-state index in [4.69, 9.17) is 29.3 Å². The van der Waals surface area contributed by atoms with Crippen LogP contribution in [0.4, 0.5) is 0 Å². The minimum atomic E-state index is 0.623. The molecule has 0 aliphatic rings. The number of nitrogens with zero attached hydrogens (tertiary/aromatic N) is 6. The first-order chi connectivity index (χ1) is 29.2. The summed E-state index contributed by atoms with van der Waals surface area (Å²) in [6, 6.07) is 60.3. The van der Waals surface area contributed by atoms with E-state index in [1.54, 1.807) is 12.5 Å². The topological polar surface area (TPSA) is 90.5 Å². The minimum Gasteiger partial charge on any atom is -0.450 e. The second-order valence-corrected chi connectivity index (χ2v) is 14.4. The molecule has 0 atom stereocenters. The van der Waals surface area contributed by atoms with Gasteiger partial charge in [-0.3, -0.25) is 4.98 Å². The fourth-order valence-electron chi connectivity index (χ4n) is 7.74. The maximum Gasteiger partial charge on any atom is 0.180 e. The van der Waals surface area contributed by atoms with Crippen LogP contribution in [0, 0.1) is 0 Å². The summed E-state index contributed by atoms with van der Waals surface area (Å²) >= 11 is 0. The Balaban J connectivity index is 0.931. The third-order valence-corrected chi connectivity index (χ3v) is 10.8. The maximum absolute atomic E-state index is 6.51. The van der Waals surface area contributed by atoms with E-state index in [2.05, 4.69) is 114 Å². The van der Waals surface area contributed by atoms with Gasteiger partial charge >= 0.3 is 0 Å². The number of rotatable bonds is 7. The van der Waals surface area contributed by atoms with Gasteiger partial charge in [-0.1, -0.05) is 164 Å². The summed E-state index contributed by atoms with van der Waals surface area (Å²) in [6.45, 7) is 0. The number of aromatic nitrogens is 6. The highest BCUT2D eigenvalue weighted by Crippen LogP contribution is 2.39. The molecule has 0 fully saturated rings. The lowest BCUT2D eigenvalue weighted by atomic mass is 9.98. The molecule has 0 bridgehead atoms. The third-order valence-electron chi connectivity index (χ3n) is 10.8. The van der Waals surface area contributed by atoms with Gasteiger partial charge in [0.25, 0.3) is 0 Å². The van der Waals surface area contributed by atoms with Crippen LogP contribution in [0.3, 0.4) is 0 Å². The predicted octanol–water partition coefficient (Wildman–Crippen LogP) is 12.8. The van der Waals surface area contributed by atoms with E-state index in [0.717, 1.165) is 77.4 Å². The van der Waals surface area contributed by atoms with Crippen molar-refractivity contribution in [3.05, 3.63) is 195 Å². The lowest BCUT2D eigenvalue weighted by Crippen LogP contribution is -2.00. The normalized spacial score (nSPS) is 11.4. The molecule has 0 saturated carbocycles. The molecule has 0 unspecified atom stereocenters. The molecule has 0 saturated heterocycles. The zero-order valence-corrected chi connectivity index (χ0v) is 31.6. The molecule has 0 radical (unpaired) electrons. The second kappa shape index (κ2) is 14.4. The van der Waals surface area contributed by atoms with Gasteiger partial charge in [-0.15, -0.1) is 0 Å². The van der Waals surface area contributed by atoms with Crippen molar-refractivity contribution in [2.45, 2.75) is 0 Å². The summed E-state index contributed by atoms with van der Waals surface area (Å²) < 4.78 is 6.51. The maximum atomic E-state index is 6.51. The lowest BCUT2D eigenvalue weighted by molar-refractivity contribution is 0.665. The Morgan fingerprint density at radius 1 is 0.373 bits per heavy atom. The average Bonchev–Trinajstić information content (AvgIpc) is 3.71. The van der Waals surface area contributed by atoms with Crippen molar-refractivity contribution in [2.75, 3.05) is 0 Å². The highest BCUT2D eigenvalue weighted by molar-refractivity contribution is 6.12. The van der Waals surface area contributed by atoms with Gasteiger partial charge in [0.15, 0.2) is 28.6 Å². The summed E-state index contributed by atoms with van der Waals surface area (Å²) in [5, 5.41) is 3.13. The molecule has 0 N–H and O–H groups in total. The fraction of sp³-hybridized carbons (Fsp3) is 0. The standard InChI is InChI=1S/C52H32N6O/c1-4-10-33(11-5-1)34-16-22-37(23-17-34)44-30-53-31-45-46(44)48-49(59-45)47(54-32-55-48)42-27-21-36-20-26-41(28-43(36)29-42)35-18-24-40(25-19-35)52-57-50(38-12-6-2-7-13-38)56-51(58-52)39-14-8-3-9-15-39/h1-32H. The van der Waals surface area contributed by atoms with Crippen molar-refractivity contribution in [3.8, 4) is 78.8 Å².